The van der Waals surface area contributed by atoms with Crippen LogP contribution in [-0.4, -0.2) is 21.7 Å². The van der Waals surface area contributed by atoms with Gasteiger partial charge in [0.1, 0.15) is 19.6 Å². The fourth-order valence-electron chi connectivity index (χ4n) is 2.97. The third-order valence-electron chi connectivity index (χ3n) is 3.81. The number of hydrogen-bond acceptors (Lipinski definition) is 2. The molecule has 0 atom stereocenters. The molecule has 2 aromatic rings. The van der Waals surface area contributed by atoms with Gasteiger partial charge >= 0.3 is 0 Å². The summed E-state index contributed by atoms with van der Waals surface area (Å²) < 4.78 is 0.877. The van der Waals surface area contributed by atoms with E-state index in [1.807, 2.05) is 6.07 Å². The van der Waals surface area contributed by atoms with Crippen molar-refractivity contribution in [3.63, 3.8) is 0 Å². The molecule has 106 valence electrons. The van der Waals surface area contributed by atoms with Crippen molar-refractivity contribution in [1.29, 1.82) is 0 Å². The smallest absolute Gasteiger partial charge is 0.157 e. The Balaban J connectivity index is 0.00000147. The minimum atomic E-state index is -0.0214. The molecule has 0 saturated carbocycles. The first-order chi connectivity index (χ1) is 9.06. The van der Waals surface area contributed by atoms with E-state index in [0.29, 0.717) is 0 Å². The third-order valence-corrected chi connectivity index (χ3v) is 3.81. The maximum atomic E-state index is 9.59. The molecule has 0 aromatic heterocycles. The van der Waals surface area contributed by atoms with Crippen molar-refractivity contribution >= 4 is 0 Å². The summed E-state index contributed by atoms with van der Waals surface area (Å²) in [5, 5.41) is 19.2. The summed E-state index contributed by atoms with van der Waals surface area (Å²) >= 11 is 0. The van der Waals surface area contributed by atoms with Crippen LogP contribution in [0.1, 0.15) is 16.7 Å². The highest BCUT2D eigenvalue weighted by molar-refractivity contribution is 5.46. The van der Waals surface area contributed by atoms with E-state index in [4.69, 9.17) is 0 Å². The summed E-state index contributed by atoms with van der Waals surface area (Å²) in [6.45, 7) is 2.73. The predicted molar refractivity (Wildman–Crippen MR) is 73.5 cm³/mol. The molecule has 0 saturated heterocycles. The summed E-state index contributed by atoms with van der Waals surface area (Å²) in [5.41, 5.74) is 3.58. The number of hydrogen-bond donors (Lipinski definition) is 2. The SMILES string of the molecule is C[N+]1(Cc2ccccc2)Cc2cc(O)c(O)cc2C1.[Br-]. The lowest BCUT2D eigenvalue weighted by molar-refractivity contribution is -0.941. The molecule has 2 aromatic carbocycles. The number of aromatic hydroxyl groups is 2. The van der Waals surface area contributed by atoms with Crippen molar-refractivity contribution in [1.82, 2.24) is 0 Å². The summed E-state index contributed by atoms with van der Waals surface area (Å²) in [4.78, 5) is 0. The van der Waals surface area contributed by atoms with Gasteiger partial charge in [-0.2, -0.15) is 0 Å². The minimum absolute atomic E-state index is 0. The maximum Gasteiger partial charge on any atom is 0.157 e. The Bertz CT molecular complexity index is 582. The lowest BCUT2D eigenvalue weighted by Gasteiger charge is -2.29. The Morgan fingerprint density at radius 1 is 0.950 bits per heavy atom. The molecule has 3 nitrogen and oxygen atoms in total. The van der Waals surface area contributed by atoms with E-state index >= 15 is 0 Å². The van der Waals surface area contributed by atoms with Crippen LogP contribution >= 0.6 is 0 Å². The summed E-state index contributed by atoms with van der Waals surface area (Å²) in [5.74, 6) is -0.0428. The minimum Gasteiger partial charge on any atom is -1.00 e. The molecule has 0 spiro atoms. The molecule has 0 aliphatic carbocycles. The Kier molecular flexibility index (Phi) is 4.06. The molecule has 0 unspecified atom stereocenters. The van der Waals surface area contributed by atoms with Crippen LogP contribution in [0.5, 0.6) is 11.5 Å². The van der Waals surface area contributed by atoms with Crippen molar-refractivity contribution in [2.75, 3.05) is 7.05 Å². The number of benzene rings is 2. The Morgan fingerprint density at radius 2 is 1.45 bits per heavy atom. The van der Waals surface area contributed by atoms with Gasteiger partial charge in [-0.3, -0.25) is 0 Å². The molecule has 0 amide bonds. The van der Waals surface area contributed by atoms with Crippen LogP contribution in [-0.2, 0) is 19.6 Å². The standard InChI is InChI=1S/C16H17NO2.BrH/c1-17(9-12-5-3-2-4-6-12)10-13-7-15(18)16(19)8-14(13)11-17;/h2-8H,9-11H2,1H3,(H-,18,19);1H. The van der Waals surface area contributed by atoms with E-state index in [1.54, 1.807) is 12.1 Å². The number of fused-ring (bicyclic) bond motifs is 1. The van der Waals surface area contributed by atoms with E-state index < -0.39 is 0 Å². The van der Waals surface area contributed by atoms with Crippen LogP contribution in [0.15, 0.2) is 42.5 Å². The highest BCUT2D eigenvalue weighted by Gasteiger charge is 2.32. The lowest BCUT2D eigenvalue weighted by atomic mass is 10.1. The second-order valence-corrected chi connectivity index (χ2v) is 5.69. The van der Waals surface area contributed by atoms with Gasteiger partial charge in [0.05, 0.1) is 7.05 Å². The summed E-state index contributed by atoms with van der Waals surface area (Å²) in [7, 11) is 2.21. The second-order valence-electron chi connectivity index (χ2n) is 5.69. The van der Waals surface area contributed by atoms with Gasteiger partial charge in [-0.1, -0.05) is 30.3 Å². The number of rotatable bonds is 2. The lowest BCUT2D eigenvalue weighted by Crippen LogP contribution is -3.00. The van der Waals surface area contributed by atoms with Gasteiger partial charge in [0.15, 0.2) is 11.5 Å². The highest BCUT2D eigenvalue weighted by atomic mass is 79.9. The molecular weight excluding hydrogens is 318 g/mol. The van der Waals surface area contributed by atoms with E-state index in [9.17, 15) is 10.2 Å². The molecule has 1 aliphatic rings. The number of quaternary nitrogens is 1. The van der Waals surface area contributed by atoms with Crippen LogP contribution in [0.2, 0.25) is 0 Å². The Morgan fingerprint density at radius 3 is 1.95 bits per heavy atom. The van der Waals surface area contributed by atoms with Gasteiger partial charge in [0, 0.05) is 16.7 Å². The Labute approximate surface area is 129 Å². The van der Waals surface area contributed by atoms with Gasteiger partial charge in [0.25, 0.3) is 0 Å². The zero-order chi connectivity index (χ0) is 13.5. The van der Waals surface area contributed by atoms with E-state index in [1.165, 1.54) is 5.56 Å². The molecule has 0 bridgehead atoms. The normalized spacial score (nSPS) is 15.4. The number of halogens is 1. The second kappa shape index (κ2) is 5.46. The zero-order valence-electron chi connectivity index (χ0n) is 11.4. The number of nitrogens with zero attached hydrogens (tertiary/aromatic N) is 1. The van der Waals surface area contributed by atoms with E-state index in [0.717, 1.165) is 35.2 Å². The predicted octanol–water partition coefficient (Wildman–Crippen LogP) is -0.238. The van der Waals surface area contributed by atoms with Gasteiger partial charge < -0.3 is 31.7 Å². The van der Waals surface area contributed by atoms with Crippen LogP contribution in [0, 0.1) is 0 Å². The average Bonchev–Trinajstić information content (AvgIpc) is 2.66. The first-order valence-corrected chi connectivity index (χ1v) is 6.47. The van der Waals surface area contributed by atoms with Crippen LogP contribution < -0.4 is 17.0 Å². The Hall–Kier alpha value is -1.52. The maximum absolute atomic E-state index is 9.59. The topological polar surface area (TPSA) is 40.5 Å². The van der Waals surface area contributed by atoms with Gasteiger partial charge in [0.2, 0.25) is 0 Å². The average molecular weight is 336 g/mol. The molecule has 1 aliphatic heterocycles. The quantitative estimate of drug-likeness (QED) is 0.587. The third kappa shape index (κ3) is 2.81. The van der Waals surface area contributed by atoms with Crippen molar-refractivity contribution in [3.05, 3.63) is 59.2 Å². The number of phenolic OH excluding ortho intramolecular Hbond substituents is 2. The largest absolute Gasteiger partial charge is 1.00 e. The molecular formula is C16H18BrNO2. The van der Waals surface area contributed by atoms with Gasteiger partial charge in [-0.05, 0) is 12.1 Å². The first kappa shape index (κ1) is 14.9. The van der Waals surface area contributed by atoms with Crippen LogP contribution in [0.4, 0.5) is 0 Å². The van der Waals surface area contributed by atoms with Crippen molar-refractivity contribution in [2.24, 2.45) is 0 Å². The molecule has 4 heteroatoms. The zero-order valence-corrected chi connectivity index (χ0v) is 13.0. The first-order valence-electron chi connectivity index (χ1n) is 6.47. The molecule has 1 heterocycles. The van der Waals surface area contributed by atoms with E-state index in [2.05, 4.69) is 31.3 Å². The number of phenols is 2. The monoisotopic (exact) mass is 335 g/mol. The molecule has 0 radical (unpaired) electrons. The summed E-state index contributed by atoms with van der Waals surface area (Å²) in [6, 6.07) is 13.8. The van der Waals surface area contributed by atoms with Crippen molar-refractivity contribution in [3.8, 4) is 11.5 Å². The molecule has 0 fully saturated rings. The molecule has 20 heavy (non-hydrogen) atoms. The van der Waals surface area contributed by atoms with Crippen LogP contribution in [0.3, 0.4) is 0 Å². The van der Waals surface area contributed by atoms with Crippen molar-refractivity contribution in [2.45, 2.75) is 19.6 Å². The summed E-state index contributed by atoms with van der Waals surface area (Å²) in [6.07, 6.45) is 0. The van der Waals surface area contributed by atoms with E-state index in [-0.39, 0.29) is 28.5 Å². The highest BCUT2D eigenvalue weighted by Crippen LogP contribution is 2.36. The van der Waals surface area contributed by atoms with Gasteiger partial charge in [-0.15, -0.1) is 0 Å². The molecule has 2 N–H and O–H groups in total. The fraction of sp³-hybridized carbons (Fsp3) is 0.250. The molecule has 3 rings (SSSR count). The van der Waals surface area contributed by atoms with Crippen LogP contribution in [0.25, 0.3) is 0 Å². The fourth-order valence-corrected chi connectivity index (χ4v) is 2.97. The van der Waals surface area contributed by atoms with Gasteiger partial charge in [-0.25, -0.2) is 0 Å². The van der Waals surface area contributed by atoms with Crippen molar-refractivity contribution < 1.29 is 31.7 Å².